The summed E-state index contributed by atoms with van der Waals surface area (Å²) in [7, 11) is -1.44. The molecule has 2 N–H and O–H groups in total. The van der Waals surface area contributed by atoms with Crippen LogP contribution in [0.2, 0.25) is 0 Å². The van der Waals surface area contributed by atoms with Crippen molar-refractivity contribution in [3.63, 3.8) is 0 Å². The molecule has 0 atom stereocenters. The summed E-state index contributed by atoms with van der Waals surface area (Å²) in [5.41, 5.74) is 2.90. The zero-order valence-electron chi connectivity index (χ0n) is 14.6. The highest BCUT2D eigenvalue weighted by Crippen LogP contribution is 2.30. The zero-order chi connectivity index (χ0) is 18.4. The van der Waals surface area contributed by atoms with Crippen molar-refractivity contribution < 1.29 is 10.0 Å². The maximum absolute atomic E-state index is 9.39. The monoisotopic (exact) mass is 348 g/mol. The van der Waals surface area contributed by atoms with Gasteiger partial charge in [0, 0.05) is 0 Å². The molecule has 5 rings (SSSR count). The third-order valence-electron chi connectivity index (χ3n) is 5.24. The SMILES string of the molecule is OB(O)c1ccc2c(ccc3cc(-c4ccc5ccccc5c4)ccc32)c1. The van der Waals surface area contributed by atoms with E-state index in [0.29, 0.717) is 5.46 Å². The topological polar surface area (TPSA) is 40.5 Å². The fraction of sp³-hybridized carbons (Fsp3) is 0. The van der Waals surface area contributed by atoms with Gasteiger partial charge in [0.2, 0.25) is 0 Å². The summed E-state index contributed by atoms with van der Waals surface area (Å²) in [4.78, 5) is 0. The van der Waals surface area contributed by atoms with E-state index in [2.05, 4.69) is 66.7 Å². The van der Waals surface area contributed by atoms with Crippen LogP contribution < -0.4 is 5.46 Å². The Morgan fingerprint density at radius 1 is 0.481 bits per heavy atom. The molecule has 0 fully saturated rings. The molecule has 0 aromatic heterocycles. The number of benzene rings is 5. The Morgan fingerprint density at radius 2 is 1.04 bits per heavy atom. The van der Waals surface area contributed by atoms with Crippen molar-refractivity contribution in [3.8, 4) is 11.1 Å². The van der Waals surface area contributed by atoms with Crippen LogP contribution in [0, 0.1) is 0 Å². The fourth-order valence-electron chi connectivity index (χ4n) is 3.80. The highest BCUT2D eigenvalue weighted by molar-refractivity contribution is 6.59. The van der Waals surface area contributed by atoms with Crippen molar-refractivity contribution in [2.75, 3.05) is 0 Å². The smallest absolute Gasteiger partial charge is 0.423 e. The van der Waals surface area contributed by atoms with Crippen LogP contribution in [0.5, 0.6) is 0 Å². The van der Waals surface area contributed by atoms with Gasteiger partial charge in [-0.25, -0.2) is 0 Å². The Hall–Kier alpha value is -3.14. The Labute approximate surface area is 157 Å². The summed E-state index contributed by atoms with van der Waals surface area (Å²) in [6.45, 7) is 0. The first kappa shape index (κ1) is 16.1. The highest BCUT2D eigenvalue weighted by Gasteiger charge is 2.12. The van der Waals surface area contributed by atoms with Gasteiger partial charge in [0.1, 0.15) is 0 Å². The molecular formula is C24H17BO2. The predicted molar refractivity (Wildman–Crippen MR) is 114 cm³/mol. The van der Waals surface area contributed by atoms with Gasteiger partial charge in [-0.15, -0.1) is 0 Å². The van der Waals surface area contributed by atoms with Crippen LogP contribution in [0.4, 0.5) is 0 Å². The fourth-order valence-corrected chi connectivity index (χ4v) is 3.80. The van der Waals surface area contributed by atoms with Gasteiger partial charge in [-0.1, -0.05) is 78.9 Å². The first-order chi connectivity index (χ1) is 13.2. The minimum Gasteiger partial charge on any atom is -0.423 e. The summed E-state index contributed by atoms with van der Waals surface area (Å²) in [5, 5.41) is 25.7. The lowest BCUT2D eigenvalue weighted by atomic mass is 9.79. The van der Waals surface area contributed by atoms with Crippen LogP contribution in [-0.2, 0) is 0 Å². The molecule has 5 aromatic carbocycles. The van der Waals surface area contributed by atoms with E-state index < -0.39 is 7.12 Å². The average Bonchev–Trinajstić information content (AvgIpc) is 2.72. The number of hydrogen-bond acceptors (Lipinski definition) is 2. The Balaban J connectivity index is 1.66. The largest absolute Gasteiger partial charge is 0.488 e. The molecule has 0 aliphatic heterocycles. The molecule has 0 spiro atoms. The molecule has 5 aromatic rings. The molecule has 0 saturated heterocycles. The van der Waals surface area contributed by atoms with Crippen LogP contribution in [0.1, 0.15) is 0 Å². The van der Waals surface area contributed by atoms with Crippen LogP contribution in [-0.4, -0.2) is 17.2 Å². The lowest BCUT2D eigenvalue weighted by Gasteiger charge is -2.09. The van der Waals surface area contributed by atoms with Crippen molar-refractivity contribution in [1.82, 2.24) is 0 Å². The van der Waals surface area contributed by atoms with Gasteiger partial charge in [-0.05, 0) is 61.0 Å². The van der Waals surface area contributed by atoms with Gasteiger partial charge >= 0.3 is 7.12 Å². The summed E-state index contributed by atoms with van der Waals surface area (Å²) in [6, 6.07) is 31.2. The molecule has 0 saturated carbocycles. The molecule has 128 valence electrons. The average molecular weight is 348 g/mol. The second kappa shape index (κ2) is 6.24. The van der Waals surface area contributed by atoms with Gasteiger partial charge in [-0.3, -0.25) is 0 Å². The maximum atomic E-state index is 9.39. The van der Waals surface area contributed by atoms with E-state index >= 15 is 0 Å². The van der Waals surface area contributed by atoms with Crippen LogP contribution >= 0.6 is 0 Å². The molecule has 0 bridgehead atoms. The van der Waals surface area contributed by atoms with E-state index in [1.807, 2.05) is 18.2 Å². The Kier molecular flexibility index (Phi) is 3.71. The molecule has 27 heavy (non-hydrogen) atoms. The van der Waals surface area contributed by atoms with E-state index in [0.717, 1.165) is 16.2 Å². The van der Waals surface area contributed by atoms with E-state index in [1.54, 1.807) is 6.07 Å². The van der Waals surface area contributed by atoms with Gasteiger partial charge in [0.05, 0.1) is 0 Å². The van der Waals surface area contributed by atoms with E-state index in [4.69, 9.17) is 0 Å². The quantitative estimate of drug-likeness (QED) is 0.364. The van der Waals surface area contributed by atoms with Crippen LogP contribution in [0.25, 0.3) is 43.4 Å². The normalized spacial score (nSPS) is 11.3. The molecule has 2 nitrogen and oxygen atoms in total. The maximum Gasteiger partial charge on any atom is 0.488 e. The molecular weight excluding hydrogens is 331 g/mol. The zero-order valence-corrected chi connectivity index (χ0v) is 14.6. The van der Waals surface area contributed by atoms with E-state index in [9.17, 15) is 10.0 Å². The first-order valence-electron chi connectivity index (χ1n) is 9.01. The Morgan fingerprint density at radius 3 is 1.78 bits per heavy atom. The lowest BCUT2D eigenvalue weighted by Crippen LogP contribution is -2.29. The number of fused-ring (bicyclic) bond motifs is 4. The van der Waals surface area contributed by atoms with Crippen molar-refractivity contribution in [2.24, 2.45) is 0 Å². The number of hydrogen-bond donors (Lipinski definition) is 2. The molecule has 0 unspecified atom stereocenters. The minimum absolute atomic E-state index is 0.509. The van der Waals surface area contributed by atoms with Crippen LogP contribution in [0.15, 0.2) is 91.0 Å². The second-order valence-electron chi connectivity index (χ2n) is 6.92. The standard InChI is InChI=1S/C24H17BO2/c26-25(27)22-10-12-24-21(15-22)8-7-20-14-19(9-11-23(20)24)18-6-5-16-3-1-2-4-17(16)13-18/h1-15,26-27H. The molecule has 0 amide bonds. The highest BCUT2D eigenvalue weighted by atomic mass is 16.4. The molecule has 0 aliphatic carbocycles. The summed E-state index contributed by atoms with van der Waals surface area (Å²) >= 11 is 0. The van der Waals surface area contributed by atoms with Crippen molar-refractivity contribution in [2.45, 2.75) is 0 Å². The van der Waals surface area contributed by atoms with E-state index in [1.165, 1.54) is 27.3 Å². The predicted octanol–water partition coefficient (Wildman–Crippen LogP) is 4.49. The van der Waals surface area contributed by atoms with Crippen LogP contribution in [0.3, 0.4) is 0 Å². The molecule has 0 heterocycles. The van der Waals surface area contributed by atoms with E-state index in [-0.39, 0.29) is 0 Å². The molecule has 3 heteroatoms. The van der Waals surface area contributed by atoms with Gasteiger partial charge in [0.15, 0.2) is 0 Å². The Bertz CT molecular complexity index is 1310. The first-order valence-corrected chi connectivity index (χ1v) is 9.01. The van der Waals surface area contributed by atoms with Crippen molar-refractivity contribution in [1.29, 1.82) is 0 Å². The summed E-state index contributed by atoms with van der Waals surface area (Å²) in [5.74, 6) is 0. The third kappa shape index (κ3) is 2.78. The lowest BCUT2D eigenvalue weighted by molar-refractivity contribution is 0.426. The summed E-state index contributed by atoms with van der Waals surface area (Å²) < 4.78 is 0. The molecule has 0 aliphatic rings. The van der Waals surface area contributed by atoms with Gasteiger partial charge in [0.25, 0.3) is 0 Å². The van der Waals surface area contributed by atoms with Gasteiger partial charge < -0.3 is 10.0 Å². The second-order valence-corrected chi connectivity index (χ2v) is 6.92. The van der Waals surface area contributed by atoms with Crippen molar-refractivity contribution in [3.05, 3.63) is 91.0 Å². The third-order valence-corrected chi connectivity index (χ3v) is 5.24. The minimum atomic E-state index is -1.44. The molecule has 0 radical (unpaired) electrons. The van der Waals surface area contributed by atoms with Gasteiger partial charge in [-0.2, -0.15) is 0 Å². The summed E-state index contributed by atoms with van der Waals surface area (Å²) in [6.07, 6.45) is 0. The number of rotatable bonds is 2. The van der Waals surface area contributed by atoms with Crippen molar-refractivity contribution >= 4 is 44.9 Å².